The number of carbonyl (C=O) groups excluding carboxylic acids is 3. The summed E-state index contributed by atoms with van der Waals surface area (Å²) in [5.74, 6) is 1.55. The molecule has 0 radical (unpaired) electrons. The molecule has 0 aliphatic carbocycles. The highest BCUT2D eigenvalue weighted by molar-refractivity contribution is 5.92. The number of ether oxygens (including phenoxy) is 7. The van der Waals surface area contributed by atoms with E-state index in [1.165, 1.54) is 25.2 Å². The zero-order valence-corrected chi connectivity index (χ0v) is 28.1. The Kier molecular flexibility index (Phi) is 18.8. The van der Waals surface area contributed by atoms with E-state index in [2.05, 4.69) is 10.2 Å². The first-order valence-corrected chi connectivity index (χ1v) is 15.6. The van der Waals surface area contributed by atoms with Gasteiger partial charge in [0.25, 0.3) is 0 Å². The van der Waals surface area contributed by atoms with Crippen LogP contribution in [-0.2, 0) is 54.2 Å². The third kappa shape index (κ3) is 13.9. The number of nitrogens with two attached hydrogens (primary N) is 2. The third-order valence-electron chi connectivity index (χ3n) is 7.07. The van der Waals surface area contributed by atoms with Crippen LogP contribution in [0.25, 0.3) is 0 Å². The van der Waals surface area contributed by atoms with Crippen molar-refractivity contribution in [3.63, 3.8) is 0 Å². The molecular formula is C30H48N4O16. The van der Waals surface area contributed by atoms with E-state index in [1.54, 1.807) is 13.8 Å². The van der Waals surface area contributed by atoms with Crippen LogP contribution in [0.5, 0.6) is 5.75 Å². The molecule has 1 saturated heterocycles. The predicted octanol–water partition coefficient (Wildman–Crippen LogP) is -2.07. The molecule has 1 aromatic carbocycles. The van der Waals surface area contributed by atoms with Crippen LogP contribution in [0.15, 0.2) is 18.2 Å². The van der Waals surface area contributed by atoms with Gasteiger partial charge in [-0.1, -0.05) is 13.8 Å². The van der Waals surface area contributed by atoms with E-state index in [-0.39, 0.29) is 49.3 Å². The first-order valence-electron chi connectivity index (χ1n) is 15.6. The minimum absolute atomic E-state index is 0.0979. The molecule has 1 heterocycles. The second-order valence-electron chi connectivity index (χ2n) is 11.2. The Morgan fingerprint density at radius 3 is 2.02 bits per heavy atom. The van der Waals surface area contributed by atoms with Gasteiger partial charge in [0.2, 0.25) is 18.1 Å². The van der Waals surface area contributed by atoms with E-state index in [1.807, 2.05) is 0 Å². The van der Waals surface area contributed by atoms with Crippen molar-refractivity contribution in [1.29, 1.82) is 0 Å². The third-order valence-corrected chi connectivity index (χ3v) is 7.07. The molecule has 20 nitrogen and oxygen atoms in total. The topological polar surface area (TPSA) is 290 Å². The summed E-state index contributed by atoms with van der Waals surface area (Å²) in [5.41, 5.74) is 5.75. The number of benzene rings is 1. The van der Waals surface area contributed by atoms with Crippen LogP contribution in [-0.4, -0.2) is 152 Å². The maximum absolute atomic E-state index is 12.8. The summed E-state index contributed by atoms with van der Waals surface area (Å²) in [7, 11) is 1.33. The van der Waals surface area contributed by atoms with Crippen molar-refractivity contribution in [2.75, 3.05) is 71.8 Å². The number of aliphatic carboxylic acids is 1. The predicted molar refractivity (Wildman–Crippen MR) is 169 cm³/mol. The molecule has 0 saturated carbocycles. The van der Waals surface area contributed by atoms with E-state index in [4.69, 9.17) is 44.8 Å². The summed E-state index contributed by atoms with van der Waals surface area (Å²) in [6, 6.07) is 3.08. The lowest BCUT2D eigenvalue weighted by molar-refractivity contribution is -0.271. The summed E-state index contributed by atoms with van der Waals surface area (Å²) in [4.78, 5) is 54.2. The van der Waals surface area contributed by atoms with Crippen molar-refractivity contribution in [2.24, 2.45) is 17.5 Å². The van der Waals surface area contributed by atoms with Gasteiger partial charge in [0.05, 0.1) is 52.9 Å². The van der Waals surface area contributed by atoms with Gasteiger partial charge in [-0.3, -0.25) is 14.5 Å². The SMILES string of the molecule is CC(C)[C@@H](C(N)=O)N(C)C(=O)OCc1cc(NC(=O)COCCOCCOCCOCCON)ccc1OC1OC(C(=O)O)C(O)C(O)C1O. The second-order valence-corrected chi connectivity index (χ2v) is 11.2. The molecule has 0 spiro atoms. The molecule has 50 heavy (non-hydrogen) atoms. The molecule has 3 amide bonds. The minimum Gasteiger partial charge on any atom is -0.479 e. The van der Waals surface area contributed by atoms with Crippen molar-refractivity contribution in [3.05, 3.63) is 23.8 Å². The second kappa shape index (κ2) is 22.2. The molecule has 1 fully saturated rings. The maximum Gasteiger partial charge on any atom is 0.410 e. The molecule has 1 aromatic rings. The molecule has 0 bridgehead atoms. The summed E-state index contributed by atoms with van der Waals surface area (Å²) >= 11 is 0. The van der Waals surface area contributed by atoms with Crippen molar-refractivity contribution in [1.82, 2.24) is 4.90 Å². The Hall–Kier alpha value is -3.70. The van der Waals surface area contributed by atoms with E-state index < -0.39 is 67.2 Å². The fourth-order valence-corrected chi connectivity index (χ4v) is 4.61. The molecule has 2 rings (SSSR count). The van der Waals surface area contributed by atoms with Crippen LogP contribution in [0, 0.1) is 5.92 Å². The van der Waals surface area contributed by atoms with Crippen LogP contribution in [0.2, 0.25) is 0 Å². The van der Waals surface area contributed by atoms with Crippen LogP contribution in [0.4, 0.5) is 10.5 Å². The van der Waals surface area contributed by atoms with Crippen molar-refractivity contribution < 1.29 is 77.6 Å². The highest BCUT2D eigenvalue weighted by Crippen LogP contribution is 2.29. The van der Waals surface area contributed by atoms with Gasteiger partial charge in [0, 0.05) is 18.3 Å². The number of carbonyl (C=O) groups is 4. The lowest BCUT2D eigenvalue weighted by Gasteiger charge is -2.38. The normalized spacial score (nSPS) is 21.0. The van der Waals surface area contributed by atoms with Crippen molar-refractivity contribution in [3.8, 4) is 5.75 Å². The van der Waals surface area contributed by atoms with Gasteiger partial charge in [-0.2, -0.15) is 0 Å². The Bertz CT molecular complexity index is 1220. The number of nitrogens with zero attached hydrogens (tertiary/aromatic N) is 1. The average molecular weight is 721 g/mol. The number of likely N-dealkylation sites (N-methyl/N-ethyl adjacent to an activating group) is 1. The number of anilines is 1. The monoisotopic (exact) mass is 720 g/mol. The first-order chi connectivity index (χ1) is 23.8. The summed E-state index contributed by atoms with van der Waals surface area (Å²) < 4.78 is 37.5. The van der Waals surface area contributed by atoms with Crippen LogP contribution < -0.4 is 21.7 Å². The van der Waals surface area contributed by atoms with Gasteiger partial charge in [0.1, 0.15) is 43.3 Å². The molecule has 0 aromatic heterocycles. The number of carboxylic acids is 1. The standard InChI is InChI=1S/C30H48N4O16/c1-17(2)22(27(31)39)34(3)30(42)47-15-18-14-19(4-5-20(18)49-29-25(38)23(36)24(37)26(50-29)28(40)41)33-21(35)16-46-11-10-44-7-6-43-8-9-45-12-13-48-32/h4-5,14,17,22-26,29,36-38H,6-13,15-16,32H2,1-3H3,(H2,31,39)(H,33,35)(H,40,41)/t22-,23?,24?,25?,26?,29?/m0/s1. The largest absolute Gasteiger partial charge is 0.479 e. The van der Waals surface area contributed by atoms with E-state index in [0.29, 0.717) is 33.0 Å². The number of primary amides is 1. The fourth-order valence-electron chi connectivity index (χ4n) is 4.61. The van der Waals surface area contributed by atoms with Gasteiger partial charge in [-0.25, -0.2) is 15.5 Å². The molecule has 284 valence electrons. The van der Waals surface area contributed by atoms with Crippen LogP contribution in [0.3, 0.4) is 0 Å². The fraction of sp³-hybridized carbons (Fsp3) is 0.667. The van der Waals surface area contributed by atoms with E-state index >= 15 is 0 Å². The van der Waals surface area contributed by atoms with E-state index in [9.17, 15) is 39.6 Å². The lowest BCUT2D eigenvalue weighted by Crippen LogP contribution is -2.61. The molecule has 1 aliphatic heterocycles. The molecule has 1 aliphatic rings. The van der Waals surface area contributed by atoms with E-state index in [0.717, 1.165) is 4.90 Å². The number of aliphatic hydroxyl groups is 3. The quantitative estimate of drug-likeness (QED) is 0.0472. The van der Waals surface area contributed by atoms with Crippen LogP contribution >= 0.6 is 0 Å². The Morgan fingerprint density at radius 2 is 1.48 bits per heavy atom. The molecule has 6 atom stereocenters. The van der Waals surface area contributed by atoms with Gasteiger partial charge >= 0.3 is 12.1 Å². The number of hydrogen-bond acceptors (Lipinski definition) is 16. The molecular weight excluding hydrogens is 672 g/mol. The highest BCUT2D eigenvalue weighted by atomic mass is 16.7. The number of carboxylic acid groups (broad SMARTS) is 1. The van der Waals surface area contributed by atoms with Crippen molar-refractivity contribution in [2.45, 2.75) is 57.2 Å². The number of hydrogen-bond donors (Lipinski definition) is 7. The minimum atomic E-state index is -1.95. The highest BCUT2D eigenvalue weighted by Gasteiger charge is 2.48. The summed E-state index contributed by atoms with van der Waals surface area (Å²) in [6.07, 6.45) is -10.4. The molecule has 20 heteroatoms. The zero-order chi connectivity index (χ0) is 37.2. The molecule has 5 unspecified atom stereocenters. The summed E-state index contributed by atoms with van der Waals surface area (Å²) in [5, 5.41) is 42.6. The number of nitrogens with one attached hydrogen (secondary N) is 1. The number of amides is 3. The Labute approximate surface area is 288 Å². The van der Waals surface area contributed by atoms with Crippen molar-refractivity contribution >= 4 is 29.6 Å². The number of aliphatic hydroxyl groups excluding tert-OH is 3. The number of rotatable bonds is 23. The van der Waals surface area contributed by atoms with Gasteiger partial charge in [-0.15, -0.1) is 0 Å². The zero-order valence-electron chi connectivity index (χ0n) is 28.1. The van der Waals surface area contributed by atoms with Gasteiger partial charge in [-0.05, 0) is 24.1 Å². The van der Waals surface area contributed by atoms with Crippen LogP contribution in [0.1, 0.15) is 19.4 Å². The van der Waals surface area contributed by atoms with Gasteiger partial charge < -0.3 is 69.5 Å². The maximum atomic E-state index is 12.8. The smallest absolute Gasteiger partial charge is 0.410 e. The Morgan fingerprint density at radius 1 is 0.900 bits per heavy atom. The summed E-state index contributed by atoms with van der Waals surface area (Å²) in [6.45, 7) is 4.92. The first kappa shape index (κ1) is 42.5. The molecule has 9 N–H and O–H groups in total. The average Bonchev–Trinajstić information content (AvgIpc) is 3.06. The van der Waals surface area contributed by atoms with Gasteiger partial charge in [0.15, 0.2) is 6.10 Å². The lowest BCUT2D eigenvalue weighted by atomic mass is 9.99. The Balaban J connectivity index is 2.01.